The van der Waals surface area contributed by atoms with Gasteiger partial charge in [0.1, 0.15) is 0 Å². The van der Waals surface area contributed by atoms with Gasteiger partial charge in [0.05, 0.1) is 0 Å². The predicted molar refractivity (Wildman–Crippen MR) is 205 cm³/mol. The molecule has 48 heavy (non-hydrogen) atoms. The molecule has 2 aliphatic carbocycles. The van der Waals surface area contributed by atoms with Crippen LogP contribution < -0.4 is 0 Å². The minimum absolute atomic E-state index is 0.0521. The molecule has 0 heterocycles. The Balaban J connectivity index is 1.26. The van der Waals surface area contributed by atoms with E-state index in [9.17, 15) is 0 Å². The van der Waals surface area contributed by atoms with Crippen LogP contribution in [0.3, 0.4) is 0 Å². The first kappa shape index (κ1) is 27.6. The third-order valence-corrected chi connectivity index (χ3v) is 11.6. The highest BCUT2D eigenvalue weighted by Crippen LogP contribution is 2.56. The fraction of sp³-hybridized carbons (Fsp3) is 0.125. The summed E-state index contributed by atoms with van der Waals surface area (Å²) in [5.74, 6) is 0. The van der Waals surface area contributed by atoms with E-state index in [1.165, 1.54) is 99.1 Å². The molecule has 10 rings (SSSR count). The van der Waals surface area contributed by atoms with E-state index in [0.29, 0.717) is 0 Å². The molecule has 0 heteroatoms. The molecular weight excluding hydrogens is 577 g/mol. The van der Waals surface area contributed by atoms with Crippen LogP contribution >= 0.6 is 0 Å². The number of rotatable bonds is 2. The van der Waals surface area contributed by atoms with E-state index in [-0.39, 0.29) is 10.8 Å². The Labute approximate surface area is 282 Å². The highest BCUT2D eigenvalue weighted by Gasteiger charge is 2.39. The van der Waals surface area contributed by atoms with Crippen molar-refractivity contribution in [3.8, 4) is 44.5 Å². The molecule has 0 aliphatic heterocycles. The number of hydrogen-bond donors (Lipinski definition) is 0. The van der Waals surface area contributed by atoms with Crippen molar-refractivity contribution in [1.29, 1.82) is 0 Å². The molecule has 0 radical (unpaired) electrons. The normalized spacial score (nSPS) is 15.0. The van der Waals surface area contributed by atoms with Crippen molar-refractivity contribution in [3.63, 3.8) is 0 Å². The smallest absolute Gasteiger partial charge is 0.0165 e. The van der Waals surface area contributed by atoms with Gasteiger partial charge < -0.3 is 0 Å². The van der Waals surface area contributed by atoms with Crippen molar-refractivity contribution in [2.75, 3.05) is 0 Å². The zero-order valence-corrected chi connectivity index (χ0v) is 27.9. The van der Waals surface area contributed by atoms with Gasteiger partial charge in [0.15, 0.2) is 0 Å². The maximum absolute atomic E-state index is 2.48. The fourth-order valence-electron chi connectivity index (χ4n) is 9.36. The molecule has 0 amide bonds. The Morgan fingerprint density at radius 3 is 1.56 bits per heavy atom. The minimum Gasteiger partial charge on any atom is -0.0619 e. The second kappa shape index (κ2) is 9.55. The highest BCUT2D eigenvalue weighted by atomic mass is 14.4. The molecule has 0 fully saturated rings. The second-order valence-corrected chi connectivity index (χ2v) is 14.9. The molecule has 0 saturated heterocycles. The zero-order valence-electron chi connectivity index (χ0n) is 27.9. The van der Waals surface area contributed by atoms with Crippen molar-refractivity contribution in [2.45, 2.75) is 38.5 Å². The third-order valence-electron chi connectivity index (χ3n) is 11.6. The molecule has 0 atom stereocenters. The maximum atomic E-state index is 2.48. The lowest BCUT2D eigenvalue weighted by Crippen LogP contribution is -2.16. The molecule has 0 bridgehead atoms. The summed E-state index contributed by atoms with van der Waals surface area (Å²) < 4.78 is 0. The summed E-state index contributed by atoms with van der Waals surface area (Å²) >= 11 is 0. The Hall–Kier alpha value is -5.46. The van der Waals surface area contributed by atoms with Gasteiger partial charge in [-0.2, -0.15) is 0 Å². The Bertz CT molecular complexity index is 2610. The van der Waals surface area contributed by atoms with E-state index < -0.39 is 0 Å². The largest absolute Gasteiger partial charge is 0.0619 e. The van der Waals surface area contributed by atoms with Gasteiger partial charge in [0.2, 0.25) is 0 Å². The zero-order chi connectivity index (χ0) is 32.4. The topological polar surface area (TPSA) is 0 Å². The van der Waals surface area contributed by atoms with Crippen molar-refractivity contribution in [1.82, 2.24) is 0 Å². The van der Waals surface area contributed by atoms with E-state index in [4.69, 9.17) is 0 Å². The maximum Gasteiger partial charge on any atom is 0.0165 e. The summed E-state index contributed by atoms with van der Waals surface area (Å²) in [5, 5.41) is 7.82. The van der Waals surface area contributed by atoms with Crippen LogP contribution in [0.15, 0.2) is 146 Å². The highest BCUT2D eigenvalue weighted by molar-refractivity contribution is 6.22. The molecule has 0 N–H and O–H groups in total. The Morgan fingerprint density at radius 2 is 0.854 bits per heavy atom. The van der Waals surface area contributed by atoms with Crippen LogP contribution in [0.1, 0.15) is 49.9 Å². The van der Waals surface area contributed by atoms with Gasteiger partial charge in [-0.3, -0.25) is 0 Å². The molecule has 0 saturated carbocycles. The van der Waals surface area contributed by atoms with Crippen LogP contribution in [0.5, 0.6) is 0 Å². The molecule has 0 spiro atoms. The molecule has 0 aromatic heterocycles. The van der Waals surface area contributed by atoms with Crippen LogP contribution in [0.4, 0.5) is 0 Å². The lowest BCUT2D eigenvalue weighted by molar-refractivity contribution is 0.660. The van der Waals surface area contributed by atoms with E-state index >= 15 is 0 Å². The Kier molecular flexibility index (Phi) is 5.50. The summed E-state index contributed by atoms with van der Waals surface area (Å²) in [7, 11) is 0. The molecular formula is C48H36. The molecule has 0 nitrogen and oxygen atoms in total. The summed E-state index contributed by atoms with van der Waals surface area (Å²) in [4.78, 5) is 0. The monoisotopic (exact) mass is 612 g/mol. The van der Waals surface area contributed by atoms with Gasteiger partial charge in [-0.05, 0) is 117 Å². The van der Waals surface area contributed by atoms with Crippen LogP contribution in [-0.4, -0.2) is 0 Å². The van der Waals surface area contributed by atoms with Crippen LogP contribution in [0, 0.1) is 0 Å². The SMILES string of the molecule is CC1(C)c2ccccc2-c2ccc(-c3c4ccccc4c(-c4cccc5c4C(C)(C)c4cc6ccccc6cc4-5)c4ccccc34)cc21. The lowest BCUT2D eigenvalue weighted by Gasteiger charge is -2.27. The molecule has 8 aromatic carbocycles. The van der Waals surface area contributed by atoms with Gasteiger partial charge in [0.25, 0.3) is 0 Å². The number of hydrogen-bond acceptors (Lipinski definition) is 0. The van der Waals surface area contributed by atoms with Crippen molar-refractivity contribution >= 4 is 32.3 Å². The Morgan fingerprint density at radius 1 is 0.333 bits per heavy atom. The van der Waals surface area contributed by atoms with Crippen LogP contribution in [0.25, 0.3) is 76.8 Å². The van der Waals surface area contributed by atoms with Gasteiger partial charge in [-0.1, -0.05) is 155 Å². The second-order valence-electron chi connectivity index (χ2n) is 14.9. The fourth-order valence-corrected chi connectivity index (χ4v) is 9.36. The first-order valence-corrected chi connectivity index (χ1v) is 17.2. The number of fused-ring (bicyclic) bond motifs is 9. The van der Waals surface area contributed by atoms with Crippen molar-refractivity contribution in [2.24, 2.45) is 0 Å². The first-order valence-electron chi connectivity index (χ1n) is 17.2. The minimum atomic E-state index is -0.146. The first-order chi connectivity index (χ1) is 23.3. The molecule has 0 unspecified atom stereocenters. The molecule has 2 aliphatic rings. The standard InChI is InChI=1S/C48H36/c1-47(2)41-23-12-11-16-32(41)33-25-24-31(28-42(33)47)44-34-17-7-9-19-36(34)45(37-20-10-8-18-35(37)44)39-22-13-21-38-40-26-29-14-5-6-15-30(29)27-43(40)48(3,4)46(38)39/h5-28H,1-4H3. The van der Waals surface area contributed by atoms with Crippen molar-refractivity contribution in [3.05, 3.63) is 168 Å². The summed E-state index contributed by atoms with van der Waals surface area (Å²) in [5.41, 5.74) is 16.2. The van der Waals surface area contributed by atoms with Crippen LogP contribution in [0.2, 0.25) is 0 Å². The summed E-state index contributed by atoms with van der Waals surface area (Å²) in [6.07, 6.45) is 0. The average Bonchev–Trinajstić information content (AvgIpc) is 3.48. The van der Waals surface area contributed by atoms with Gasteiger partial charge in [0, 0.05) is 10.8 Å². The van der Waals surface area contributed by atoms with E-state index in [1.807, 2.05) is 0 Å². The average molecular weight is 613 g/mol. The van der Waals surface area contributed by atoms with E-state index in [1.54, 1.807) is 0 Å². The summed E-state index contributed by atoms with van der Waals surface area (Å²) in [6, 6.07) is 54.9. The van der Waals surface area contributed by atoms with E-state index in [0.717, 1.165) is 0 Å². The van der Waals surface area contributed by atoms with Gasteiger partial charge in [-0.15, -0.1) is 0 Å². The number of benzene rings is 8. The third kappa shape index (κ3) is 3.55. The lowest BCUT2D eigenvalue weighted by atomic mass is 9.76. The molecule has 8 aromatic rings. The molecule has 228 valence electrons. The van der Waals surface area contributed by atoms with Gasteiger partial charge >= 0.3 is 0 Å². The quantitative estimate of drug-likeness (QED) is 0.170. The van der Waals surface area contributed by atoms with E-state index in [2.05, 4.69) is 173 Å². The van der Waals surface area contributed by atoms with Crippen LogP contribution in [-0.2, 0) is 10.8 Å². The predicted octanol–water partition coefficient (Wildman–Crippen LogP) is 13.1. The summed E-state index contributed by atoms with van der Waals surface area (Å²) in [6.45, 7) is 9.58. The van der Waals surface area contributed by atoms with Crippen molar-refractivity contribution < 1.29 is 0 Å². The van der Waals surface area contributed by atoms with Gasteiger partial charge in [-0.25, -0.2) is 0 Å².